The van der Waals surface area contributed by atoms with Crippen LogP contribution in [-0.4, -0.2) is 97.7 Å². The van der Waals surface area contributed by atoms with E-state index in [1.807, 2.05) is 20.0 Å². The molecule has 1 N–H and O–H groups in total. The van der Waals surface area contributed by atoms with Crippen molar-refractivity contribution in [2.75, 3.05) is 70.9 Å². The van der Waals surface area contributed by atoms with Crippen molar-refractivity contribution in [1.82, 2.24) is 25.1 Å². The van der Waals surface area contributed by atoms with Crippen molar-refractivity contribution in [3.63, 3.8) is 0 Å². The van der Waals surface area contributed by atoms with Crippen molar-refractivity contribution in [3.05, 3.63) is 18.5 Å². The molecule has 0 bridgehead atoms. The molecule has 0 saturated carbocycles. The Labute approximate surface area is 196 Å². The maximum atomic E-state index is 11.9. The zero-order valence-electron chi connectivity index (χ0n) is 18.0. The van der Waals surface area contributed by atoms with Gasteiger partial charge in [-0.1, -0.05) is 0 Å². The Kier molecular flexibility index (Phi) is 10.6. The maximum Gasteiger partial charge on any atom is 0.309 e. The SMILES string of the molecule is CCOC(=O)C1CCN(C(=NC)NCCN2CCN(c3ncccn3)CC2)CC1.I. The third kappa shape index (κ3) is 6.93. The molecule has 2 saturated heterocycles. The standard InChI is InChI=1S/C20H33N7O2.HI/c1-3-29-18(28)17-5-10-26(11-6-17)19(21-2)24-9-12-25-13-15-27(16-14-25)20-22-7-4-8-23-20;/h4,7-8,17H,3,5-6,9-16H2,1-2H3,(H,21,24);1H. The van der Waals surface area contributed by atoms with Gasteiger partial charge in [-0.2, -0.15) is 0 Å². The zero-order valence-corrected chi connectivity index (χ0v) is 20.3. The first-order chi connectivity index (χ1) is 14.2. The summed E-state index contributed by atoms with van der Waals surface area (Å²) in [6.45, 7) is 9.70. The van der Waals surface area contributed by atoms with E-state index in [4.69, 9.17) is 4.74 Å². The second-order valence-electron chi connectivity index (χ2n) is 7.36. The van der Waals surface area contributed by atoms with E-state index in [-0.39, 0.29) is 35.9 Å². The predicted molar refractivity (Wildman–Crippen MR) is 128 cm³/mol. The van der Waals surface area contributed by atoms with Crippen LogP contribution < -0.4 is 10.2 Å². The van der Waals surface area contributed by atoms with Gasteiger partial charge in [0.05, 0.1) is 12.5 Å². The van der Waals surface area contributed by atoms with Crippen LogP contribution in [0.1, 0.15) is 19.8 Å². The summed E-state index contributed by atoms with van der Waals surface area (Å²) in [7, 11) is 1.82. The fourth-order valence-corrected chi connectivity index (χ4v) is 3.87. The number of ether oxygens (including phenoxy) is 1. The number of hydrogen-bond donors (Lipinski definition) is 1. The summed E-state index contributed by atoms with van der Waals surface area (Å²) in [6.07, 6.45) is 5.23. The molecule has 2 fully saturated rings. The molecule has 10 heteroatoms. The Hall–Kier alpha value is -1.69. The van der Waals surface area contributed by atoms with Crippen LogP contribution in [0.4, 0.5) is 5.95 Å². The first kappa shape index (κ1) is 24.6. The van der Waals surface area contributed by atoms with Gasteiger partial charge >= 0.3 is 5.97 Å². The number of carbonyl (C=O) groups excluding carboxylic acids is 1. The fraction of sp³-hybridized carbons (Fsp3) is 0.700. The van der Waals surface area contributed by atoms with Gasteiger partial charge in [-0.25, -0.2) is 9.97 Å². The maximum absolute atomic E-state index is 11.9. The molecule has 9 nitrogen and oxygen atoms in total. The highest BCUT2D eigenvalue weighted by molar-refractivity contribution is 14.0. The van der Waals surface area contributed by atoms with Gasteiger partial charge in [0.15, 0.2) is 5.96 Å². The molecule has 0 spiro atoms. The summed E-state index contributed by atoms with van der Waals surface area (Å²) in [5.41, 5.74) is 0. The topological polar surface area (TPSA) is 86.2 Å². The number of halogens is 1. The van der Waals surface area contributed by atoms with E-state index >= 15 is 0 Å². The number of hydrogen-bond acceptors (Lipinski definition) is 7. The van der Waals surface area contributed by atoms with Crippen molar-refractivity contribution in [3.8, 4) is 0 Å². The van der Waals surface area contributed by atoms with Crippen LogP contribution in [0.25, 0.3) is 0 Å². The number of esters is 1. The van der Waals surface area contributed by atoms with Crippen LogP contribution in [0.15, 0.2) is 23.5 Å². The van der Waals surface area contributed by atoms with E-state index in [0.29, 0.717) is 6.61 Å². The van der Waals surface area contributed by atoms with E-state index in [0.717, 1.165) is 77.1 Å². The van der Waals surface area contributed by atoms with E-state index in [2.05, 4.69) is 35.0 Å². The molecule has 1 aromatic rings. The highest BCUT2D eigenvalue weighted by Gasteiger charge is 2.27. The molecule has 168 valence electrons. The quantitative estimate of drug-likeness (QED) is 0.253. The van der Waals surface area contributed by atoms with E-state index in [1.165, 1.54) is 0 Å². The van der Waals surface area contributed by atoms with Gasteiger partial charge in [0.2, 0.25) is 5.95 Å². The Morgan fingerprint density at radius 1 is 1.17 bits per heavy atom. The number of nitrogens with one attached hydrogen (secondary N) is 1. The van der Waals surface area contributed by atoms with Crippen molar-refractivity contribution >= 4 is 41.9 Å². The largest absolute Gasteiger partial charge is 0.466 e. The van der Waals surface area contributed by atoms with Crippen molar-refractivity contribution < 1.29 is 9.53 Å². The number of nitrogens with zero attached hydrogens (tertiary/aromatic N) is 6. The summed E-state index contributed by atoms with van der Waals surface area (Å²) in [5, 5.41) is 3.48. The lowest BCUT2D eigenvalue weighted by molar-refractivity contribution is -0.149. The number of aromatic nitrogens is 2. The average molecular weight is 531 g/mol. The molecule has 1 aromatic heterocycles. The van der Waals surface area contributed by atoms with Crippen LogP contribution in [0.5, 0.6) is 0 Å². The smallest absolute Gasteiger partial charge is 0.309 e. The second kappa shape index (κ2) is 12.9. The lowest BCUT2D eigenvalue weighted by atomic mass is 9.97. The number of likely N-dealkylation sites (tertiary alicyclic amines) is 1. The zero-order chi connectivity index (χ0) is 20.5. The molecule has 3 heterocycles. The third-order valence-electron chi connectivity index (χ3n) is 5.54. The van der Waals surface area contributed by atoms with Gasteiger partial charge in [-0.3, -0.25) is 14.7 Å². The summed E-state index contributed by atoms with van der Waals surface area (Å²) in [6, 6.07) is 1.84. The van der Waals surface area contributed by atoms with Crippen LogP contribution in [-0.2, 0) is 9.53 Å². The van der Waals surface area contributed by atoms with Gasteiger partial charge < -0.3 is 19.9 Å². The Bertz CT molecular complexity index is 660. The van der Waals surface area contributed by atoms with Crippen LogP contribution in [0, 0.1) is 5.92 Å². The lowest BCUT2D eigenvalue weighted by Crippen LogP contribution is -2.51. The summed E-state index contributed by atoms with van der Waals surface area (Å²) >= 11 is 0. The van der Waals surface area contributed by atoms with Crippen molar-refractivity contribution in [1.29, 1.82) is 0 Å². The monoisotopic (exact) mass is 531 g/mol. The van der Waals surface area contributed by atoms with E-state index < -0.39 is 0 Å². The lowest BCUT2D eigenvalue weighted by Gasteiger charge is -2.36. The van der Waals surface area contributed by atoms with Crippen LogP contribution in [0.2, 0.25) is 0 Å². The van der Waals surface area contributed by atoms with Crippen LogP contribution >= 0.6 is 24.0 Å². The number of aliphatic imine (C=N–C) groups is 1. The minimum atomic E-state index is -0.0601. The minimum Gasteiger partial charge on any atom is -0.466 e. The Balaban J connectivity index is 0.00000320. The van der Waals surface area contributed by atoms with Crippen molar-refractivity contribution in [2.24, 2.45) is 10.9 Å². The molecule has 0 amide bonds. The van der Waals surface area contributed by atoms with Gasteiger partial charge in [0.1, 0.15) is 0 Å². The van der Waals surface area contributed by atoms with E-state index in [1.54, 1.807) is 12.4 Å². The molecule has 0 aliphatic carbocycles. The number of guanidine groups is 1. The van der Waals surface area contributed by atoms with Gasteiger partial charge in [0.25, 0.3) is 0 Å². The molecule has 0 unspecified atom stereocenters. The number of rotatable bonds is 6. The summed E-state index contributed by atoms with van der Waals surface area (Å²) in [4.78, 5) is 31.9. The molecule has 2 aliphatic rings. The molecule has 2 aliphatic heterocycles. The predicted octanol–water partition coefficient (Wildman–Crippen LogP) is 1.07. The Morgan fingerprint density at radius 3 is 2.43 bits per heavy atom. The molecule has 0 radical (unpaired) electrons. The van der Waals surface area contributed by atoms with Crippen LogP contribution in [0.3, 0.4) is 0 Å². The first-order valence-electron chi connectivity index (χ1n) is 10.6. The molecule has 0 aromatic carbocycles. The summed E-state index contributed by atoms with van der Waals surface area (Å²) in [5.74, 6) is 1.70. The molecular weight excluding hydrogens is 497 g/mol. The van der Waals surface area contributed by atoms with E-state index in [9.17, 15) is 4.79 Å². The number of carbonyl (C=O) groups is 1. The summed E-state index contributed by atoms with van der Waals surface area (Å²) < 4.78 is 5.15. The Morgan fingerprint density at radius 2 is 1.83 bits per heavy atom. The van der Waals surface area contributed by atoms with Gasteiger partial charge in [-0.15, -0.1) is 24.0 Å². The van der Waals surface area contributed by atoms with Gasteiger partial charge in [-0.05, 0) is 25.8 Å². The highest BCUT2D eigenvalue weighted by Crippen LogP contribution is 2.18. The average Bonchev–Trinajstić information content (AvgIpc) is 2.78. The molecular formula is C20H34IN7O2. The number of anilines is 1. The van der Waals surface area contributed by atoms with Crippen molar-refractivity contribution in [2.45, 2.75) is 19.8 Å². The number of piperidine rings is 1. The highest BCUT2D eigenvalue weighted by atomic mass is 127. The molecule has 0 atom stereocenters. The fourth-order valence-electron chi connectivity index (χ4n) is 3.87. The number of piperazine rings is 1. The second-order valence-corrected chi connectivity index (χ2v) is 7.36. The molecule has 30 heavy (non-hydrogen) atoms. The first-order valence-corrected chi connectivity index (χ1v) is 10.6. The third-order valence-corrected chi connectivity index (χ3v) is 5.54. The molecule has 3 rings (SSSR count). The van der Waals surface area contributed by atoms with Gasteiger partial charge in [0, 0.05) is 71.8 Å². The normalized spacial score (nSPS) is 18.7. The minimum absolute atomic E-state index is 0.